The quantitative estimate of drug-likeness (QED) is 0.796. The summed E-state index contributed by atoms with van der Waals surface area (Å²) in [6, 6.07) is 3.75. The number of hydrogen-bond acceptors (Lipinski definition) is 1. The van der Waals surface area contributed by atoms with Crippen molar-refractivity contribution in [1.82, 2.24) is 0 Å². The van der Waals surface area contributed by atoms with E-state index in [0.29, 0.717) is 10.9 Å². The van der Waals surface area contributed by atoms with E-state index in [0.717, 1.165) is 21.3 Å². The maximum Gasteiger partial charge on any atom is 0.0555 e. The van der Waals surface area contributed by atoms with Crippen molar-refractivity contribution in [2.45, 2.75) is 19.3 Å². The van der Waals surface area contributed by atoms with E-state index in [1.54, 1.807) is 0 Å². The second-order valence-electron chi connectivity index (χ2n) is 4.01. The zero-order valence-corrected chi connectivity index (χ0v) is 10.7. The van der Waals surface area contributed by atoms with Gasteiger partial charge in [0.1, 0.15) is 0 Å². The molecule has 15 heavy (non-hydrogen) atoms. The van der Waals surface area contributed by atoms with Crippen LogP contribution in [-0.4, -0.2) is 0 Å². The monoisotopic (exact) mass is 285 g/mol. The van der Waals surface area contributed by atoms with Gasteiger partial charge in [-0.05, 0) is 52.4 Å². The molecule has 0 heterocycles. The molecule has 0 aliphatic heterocycles. The molecule has 80 valence electrons. The highest BCUT2D eigenvalue weighted by Crippen LogP contribution is 2.41. The first-order chi connectivity index (χ1) is 7.09. The van der Waals surface area contributed by atoms with E-state index < -0.39 is 0 Å². The lowest BCUT2D eigenvalue weighted by Crippen LogP contribution is -2.13. The Labute approximate surface area is 103 Å². The summed E-state index contributed by atoms with van der Waals surface area (Å²) in [7, 11) is 0. The smallest absolute Gasteiger partial charge is 0.0555 e. The van der Waals surface area contributed by atoms with E-state index in [4.69, 9.17) is 17.3 Å². The summed E-state index contributed by atoms with van der Waals surface area (Å²) in [6.45, 7) is 4.12. The fourth-order valence-corrected chi connectivity index (χ4v) is 2.34. The molecular formula is C12H13BrClN. The van der Waals surface area contributed by atoms with Crippen molar-refractivity contribution < 1.29 is 0 Å². The first-order valence-corrected chi connectivity index (χ1v) is 6.20. The average Bonchev–Trinajstić information content (AvgIpc) is 2.08. The highest BCUT2D eigenvalue weighted by Gasteiger charge is 2.22. The topological polar surface area (TPSA) is 26.0 Å². The molecule has 0 amide bonds. The number of benzene rings is 1. The van der Waals surface area contributed by atoms with Gasteiger partial charge in [-0.25, -0.2) is 0 Å². The third-order valence-electron chi connectivity index (χ3n) is 3.04. The van der Waals surface area contributed by atoms with Crippen LogP contribution in [0.25, 0.3) is 5.57 Å². The van der Waals surface area contributed by atoms with Crippen LogP contribution in [0.2, 0.25) is 5.02 Å². The molecule has 1 fully saturated rings. The lowest BCUT2D eigenvalue weighted by Gasteiger charge is -2.28. The molecule has 3 heteroatoms. The van der Waals surface area contributed by atoms with Gasteiger partial charge < -0.3 is 5.73 Å². The first-order valence-electron chi connectivity index (χ1n) is 5.03. The molecule has 0 atom stereocenters. The van der Waals surface area contributed by atoms with Gasteiger partial charge in [0.2, 0.25) is 0 Å². The van der Waals surface area contributed by atoms with Crippen LogP contribution < -0.4 is 5.73 Å². The fraction of sp³-hybridized carbons (Fsp3) is 0.333. The molecule has 1 aromatic carbocycles. The molecule has 1 aliphatic carbocycles. The molecule has 2 N–H and O–H groups in total. The van der Waals surface area contributed by atoms with Crippen LogP contribution in [0.3, 0.4) is 0 Å². The lowest BCUT2D eigenvalue weighted by atomic mass is 9.77. The molecule has 1 nitrogen and oxygen atoms in total. The summed E-state index contributed by atoms with van der Waals surface area (Å²) in [6.07, 6.45) is 3.76. The van der Waals surface area contributed by atoms with Gasteiger partial charge in [-0.1, -0.05) is 24.6 Å². The Hall–Kier alpha value is -0.470. The summed E-state index contributed by atoms with van der Waals surface area (Å²) < 4.78 is 0.840. The van der Waals surface area contributed by atoms with Crippen LogP contribution in [0.1, 0.15) is 24.8 Å². The number of allylic oxidation sites excluding steroid dienone is 1. The van der Waals surface area contributed by atoms with Crippen LogP contribution in [-0.2, 0) is 0 Å². The number of nitrogen functional groups attached to an aromatic ring is 1. The third kappa shape index (κ3) is 2.06. The van der Waals surface area contributed by atoms with E-state index in [1.165, 1.54) is 19.3 Å². The molecule has 0 bridgehead atoms. The lowest BCUT2D eigenvalue weighted by molar-refractivity contribution is 0.401. The Kier molecular flexibility index (Phi) is 3.08. The van der Waals surface area contributed by atoms with Crippen LogP contribution in [0.4, 0.5) is 5.69 Å². The standard InChI is InChI=1S/C12H13BrClN/c1-7(8-3-2-4-8)9-5-11(14)10(13)6-12(9)15/h5-6,8H,1-4,15H2. The number of nitrogens with two attached hydrogens (primary N) is 1. The average molecular weight is 287 g/mol. The molecule has 0 aromatic heterocycles. The number of hydrogen-bond donors (Lipinski definition) is 1. The molecule has 1 aromatic rings. The van der Waals surface area contributed by atoms with Crippen molar-refractivity contribution in [3.8, 4) is 0 Å². The van der Waals surface area contributed by atoms with Gasteiger partial charge in [-0.2, -0.15) is 0 Å². The molecule has 0 spiro atoms. The molecule has 0 radical (unpaired) electrons. The zero-order valence-electron chi connectivity index (χ0n) is 8.39. The van der Waals surface area contributed by atoms with Crippen molar-refractivity contribution in [2.24, 2.45) is 5.92 Å². The van der Waals surface area contributed by atoms with Crippen molar-refractivity contribution in [1.29, 1.82) is 0 Å². The Bertz CT molecular complexity index is 410. The van der Waals surface area contributed by atoms with Crippen LogP contribution in [0.15, 0.2) is 23.2 Å². The van der Waals surface area contributed by atoms with Crippen molar-refractivity contribution >= 4 is 38.8 Å². The molecule has 2 rings (SSSR count). The first kappa shape index (κ1) is 11.0. The Morgan fingerprint density at radius 2 is 2.13 bits per heavy atom. The van der Waals surface area contributed by atoms with Crippen molar-refractivity contribution in [2.75, 3.05) is 5.73 Å². The number of rotatable bonds is 2. The van der Waals surface area contributed by atoms with Gasteiger partial charge in [-0.3, -0.25) is 0 Å². The highest BCUT2D eigenvalue weighted by atomic mass is 79.9. The Morgan fingerprint density at radius 1 is 1.47 bits per heavy atom. The summed E-state index contributed by atoms with van der Waals surface area (Å²) in [5.74, 6) is 0.601. The number of halogens is 2. The van der Waals surface area contributed by atoms with E-state index in [9.17, 15) is 0 Å². The predicted molar refractivity (Wildman–Crippen MR) is 69.9 cm³/mol. The second-order valence-corrected chi connectivity index (χ2v) is 5.27. The second kappa shape index (κ2) is 4.18. The van der Waals surface area contributed by atoms with Gasteiger partial charge in [-0.15, -0.1) is 0 Å². The Balaban J connectivity index is 2.34. The largest absolute Gasteiger partial charge is 0.398 e. The normalized spacial score (nSPS) is 16.1. The summed E-state index contributed by atoms with van der Waals surface area (Å²) in [5.41, 5.74) is 8.85. The van der Waals surface area contributed by atoms with Crippen LogP contribution in [0.5, 0.6) is 0 Å². The molecule has 1 saturated carbocycles. The van der Waals surface area contributed by atoms with Crippen LogP contribution in [0, 0.1) is 5.92 Å². The van der Waals surface area contributed by atoms with E-state index in [1.807, 2.05) is 12.1 Å². The summed E-state index contributed by atoms with van der Waals surface area (Å²) >= 11 is 9.41. The minimum atomic E-state index is 0.601. The van der Waals surface area contributed by atoms with Gasteiger partial charge >= 0.3 is 0 Å². The van der Waals surface area contributed by atoms with E-state index in [2.05, 4.69) is 22.5 Å². The van der Waals surface area contributed by atoms with Gasteiger partial charge in [0, 0.05) is 15.7 Å². The molecular weight excluding hydrogens is 273 g/mol. The summed E-state index contributed by atoms with van der Waals surface area (Å²) in [5, 5.41) is 0.694. The van der Waals surface area contributed by atoms with Gasteiger partial charge in [0.05, 0.1) is 5.02 Å². The maximum atomic E-state index is 6.05. The van der Waals surface area contributed by atoms with Crippen molar-refractivity contribution in [3.63, 3.8) is 0 Å². The van der Waals surface area contributed by atoms with Gasteiger partial charge in [0.15, 0.2) is 0 Å². The minimum absolute atomic E-state index is 0.601. The highest BCUT2D eigenvalue weighted by molar-refractivity contribution is 9.10. The number of anilines is 1. The van der Waals surface area contributed by atoms with Crippen molar-refractivity contribution in [3.05, 3.63) is 33.8 Å². The SMILES string of the molecule is C=C(c1cc(Cl)c(Br)cc1N)C1CCC1. The van der Waals surface area contributed by atoms with Crippen LogP contribution >= 0.6 is 27.5 Å². The molecule has 0 saturated heterocycles. The zero-order chi connectivity index (χ0) is 11.0. The minimum Gasteiger partial charge on any atom is -0.398 e. The maximum absolute atomic E-state index is 6.05. The Morgan fingerprint density at radius 3 is 2.67 bits per heavy atom. The van der Waals surface area contributed by atoms with Gasteiger partial charge in [0.25, 0.3) is 0 Å². The van der Waals surface area contributed by atoms with E-state index in [-0.39, 0.29) is 0 Å². The predicted octanol–water partition coefficient (Wildman–Crippen LogP) is 4.50. The molecule has 0 unspecified atom stereocenters. The fourth-order valence-electron chi connectivity index (χ4n) is 1.82. The van der Waals surface area contributed by atoms with E-state index >= 15 is 0 Å². The molecule has 1 aliphatic rings. The summed E-state index contributed by atoms with van der Waals surface area (Å²) in [4.78, 5) is 0. The third-order valence-corrected chi connectivity index (χ3v) is 4.23.